The number of nitrogens with zero attached hydrogens (tertiary/aromatic N) is 1. The minimum absolute atomic E-state index is 0.0849. The van der Waals surface area contributed by atoms with Crippen molar-refractivity contribution >= 4 is 18.0 Å². The van der Waals surface area contributed by atoms with Crippen LogP contribution in [0.5, 0.6) is 0 Å². The minimum Gasteiger partial charge on any atom is -0.480 e. The summed E-state index contributed by atoms with van der Waals surface area (Å²) in [7, 11) is 1.49. The molecule has 1 atom stereocenters. The molecule has 0 saturated heterocycles. The molecule has 2 amide bonds. The van der Waals surface area contributed by atoms with Crippen LogP contribution >= 0.6 is 0 Å². The monoisotopic (exact) mass is 260 g/mol. The van der Waals surface area contributed by atoms with Gasteiger partial charge in [0.05, 0.1) is 13.0 Å². The van der Waals surface area contributed by atoms with Crippen LogP contribution in [0.2, 0.25) is 0 Å². The second-order valence-electron chi connectivity index (χ2n) is 3.73. The average Bonchev–Trinajstić information content (AvgIpc) is 2.32. The van der Waals surface area contributed by atoms with Crippen LogP contribution in [0.3, 0.4) is 0 Å². The van der Waals surface area contributed by atoms with E-state index in [2.05, 4.69) is 5.32 Å². The third-order valence-electron chi connectivity index (χ3n) is 2.31. The number of hydrogen-bond donors (Lipinski definition) is 2. The Balaban J connectivity index is 4.10. The van der Waals surface area contributed by atoms with E-state index < -0.39 is 18.0 Å². The lowest BCUT2D eigenvalue weighted by atomic mass is 10.2. The number of amides is 2. The fourth-order valence-electron chi connectivity index (χ4n) is 1.19. The summed E-state index contributed by atoms with van der Waals surface area (Å²) in [6.45, 7) is 3.84. The van der Waals surface area contributed by atoms with Crippen molar-refractivity contribution in [2.24, 2.45) is 0 Å². The highest BCUT2D eigenvalue weighted by Gasteiger charge is 2.19. The highest BCUT2D eigenvalue weighted by molar-refractivity contribution is 5.82. The van der Waals surface area contributed by atoms with E-state index in [4.69, 9.17) is 9.84 Å². The Bertz CT molecular complexity index is 306. The number of carbonyl (C=O) groups is 3. The van der Waals surface area contributed by atoms with Gasteiger partial charge in [-0.15, -0.1) is 0 Å². The summed E-state index contributed by atoms with van der Waals surface area (Å²) in [5.74, 6) is -1.47. The molecule has 0 aliphatic heterocycles. The number of ether oxygens (including phenoxy) is 1. The summed E-state index contributed by atoms with van der Waals surface area (Å²) < 4.78 is 4.72. The first-order valence-corrected chi connectivity index (χ1v) is 5.82. The highest BCUT2D eigenvalue weighted by Crippen LogP contribution is 1.96. The molecule has 18 heavy (non-hydrogen) atoms. The molecule has 0 bridgehead atoms. The number of rotatable bonds is 7. The quantitative estimate of drug-likeness (QED) is 0.648. The molecule has 0 heterocycles. The van der Waals surface area contributed by atoms with Crippen molar-refractivity contribution in [3.63, 3.8) is 0 Å². The number of aliphatic carboxylic acids is 1. The molecule has 0 spiro atoms. The first kappa shape index (κ1) is 16.2. The third-order valence-corrected chi connectivity index (χ3v) is 2.31. The van der Waals surface area contributed by atoms with E-state index in [1.165, 1.54) is 11.9 Å². The SMILES string of the molecule is CCOC(=O)CCN(C)C(=O)N[C@H](CC)C(=O)O. The van der Waals surface area contributed by atoms with E-state index in [1.54, 1.807) is 13.8 Å². The van der Waals surface area contributed by atoms with Gasteiger partial charge in [-0.2, -0.15) is 0 Å². The first-order chi connectivity index (χ1) is 8.42. The summed E-state index contributed by atoms with van der Waals surface area (Å²) in [5, 5.41) is 11.1. The van der Waals surface area contributed by atoms with Gasteiger partial charge in [-0.3, -0.25) is 4.79 Å². The van der Waals surface area contributed by atoms with E-state index in [-0.39, 0.29) is 18.9 Å². The maximum absolute atomic E-state index is 11.6. The molecular formula is C11H20N2O5. The second kappa shape index (κ2) is 8.32. The largest absolute Gasteiger partial charge is 0.480 e. The van der Waals surface area contributed by atoms with Crippen LogP contribution in [-0.2, 0) is 14.3 Å². The Hall–Kier alpha value is -1.79. The molecule has 7 nitrogen and oxygen atoms in total. The second-order valence-corrected chi connectivity index (χ2v) is 3.73. The number of hydrogen-bond acceptors (Lipinski definition) is 4. The van der Waals surface area contributed by atoms with Gasteiger partial charge in [0.1, 0.15) is 6.04 Å². The molecule has 0 saturated carbocycles. The van der Waals surface area contributed by atoms with Gasteiger partial charge in [0.15, 0.2) is 0 Å². The topological polar surface area (TPSA) is 95.9 Å². The standard InChI is InChI=1S/C11H20N2O5/c1-4-8(10(15)16)12-11(17)13(3)7-6-9(14)18-5-2/h8H,4-7H2,1-3H3,(H,12,17)(H,15,16)/t8-/m1/s1. The third kappa shape index (κ3) is 6.07. The van der Waals surface area contributed by atoms with Gasteiger partial charge in [0.25, 0.3) is 0 Å². The van der Waals surface area contributed by atoms with Gasteiger partial charge >= 0.3 is 18.0 Å². The van der Waals surface area contributed by atoms with Crippen molar-refractivity contribution < 1.29 is 24.2 Å². The summed E-state index contributed by atoms with van der Waals surface area (Å²) in [6, 6.07) is -1.43. The summed E-state index contributed by atoms with van der Waals surface area (Å²) in [5.41, 5.74) is 0. The Labute approximate surface area is 106 Å². The van der Waals surface area contributed by atoms with Crippen LogP contribution in [-0.4, -0.2) is 54.2 Å². The number of nitrogens with one attached hydrogen (secondary N) is 1. The average molecular weight is 260 g/mol. The lowest BCUT2D eigenvalue weighted by Crippen LogP contribution is -2.46. The van der Waals surface area contributed by atoms with E-state index in [0.717, 1.165) is 0 Å². The van der Waals surface area contributed by atoms with Crippen molar-refractivity contribution in [1.82, 2.24) is 10.2 Å². The Morgan fingerprint density at radius 2 is 1.94 bits per heavy atom. The van der Waals surface area contributed by atoms with E-state index in [9.17, 15) is 14.4 Å². The maximum atomic E-state index is 11.6. The molecule has 0 fully saturated rings. The normalized spacial score (nSPS) is 11.5. The van der Waals surface area contributed by atoms with Crippen molar-refractivity contribution in [1.29, 1.82) is 0 Å². The zero-order valence-electron chi connectivity index (χ0n) is 10.9. The zero-order chi connectivity index (χ0) is 14.1. The molecule has 0 aromatic heterocycles. The molecule has 0 rings (SSSR count). The van der Waals surface area contributed by atoms with Gasteiger partial charge in [-0.25, -0.2) is 9.59 Å². The molecular weight excluding hydrogens is 240 g/mol. The maximum Gasteiger partial charge on any atom is 0.326 e. The number of esters is 1. The predicted octanol–water partition coefficient (Wildman–Crippen LogP) is 0.444. The number of carboxylic acid groups (broad SMARTS) is 1. The fourth-order valence-corrected chi connectivity index (χ4v) is 1.19. The molecule has 0 aliphatic carbocycles. The van der Waals surface area contributed by atoms with Gasteiger partial charge in [-0.05, 0) is 13.3 Å². The predicted molar refractivity (Wildman–Crippen MR) is 64.1 cm³/mol. The van der Waals surface area contributed by atoms with Gasteiger partial charge in [0.2, 0.25) is 0 Å². The van der Waals surface area contributed by atoms with Crippen molar-refractivity contribution in [3.05, 3.63) is 0 Å². The summed E-state index contributed by atoms with van der Waals surface area (Å²) in [6.07, 6.45) is 0.383. The summed E-state index contributed by atoms with van der Waals surface area (Å²) in [4.78, 5) is 34.7. The zero-order valence-corrected chi connectivity index (χ0v) is 10.9. The smallest absolute Gasteiger partial charge is 0.326 e. The van der Waals surface area contributed by atoms with Crippen LogP contribution in [0.25, 0.3) is 0 Å². The molecule has 0 unspecified atom stereocenters. The molecule has 0 aromatic rings. The van der Waals surface area contributed by atoms with E-state index >= 15 is 0 Å². The van der Waals surface area contributed by atoms with E-state index in [1.807, 2.05) is 0 Å². The van der Waals surface area contributed by atoms with Gasteiger partial charge in [0, 0.05) is 13.6 Å². The minimum atomic E-state index is -1.08. The molecule has 104 valence electrons. The lowest BCUT2D eigenvalue weighted by Gasteiger charge is -2.20. The lowest BCUT2D eigenvalue weighted by molar-refractivity contribution is -0.143. The Morgan fingerprint density at radius 1 is 1.33 bits per heavy atom. The molecule has 2 N–H and O–H groups in total. The first-order valence-electron chi connectivity index (χ1n) is 5.82. The van der Waals surface area contributed by atoms with Crippen LogP contribution in [0, 0.1) is 0 Å². The van der Waals surface area contributed by atoms with Crippen LogP contribution in [0.15, 0.2) is 0 Å². The van der Waals surface area contributed by atoms with Crippen molar-refractivity contribution in [2.45, 2.75) is 32.7 Å². The Morgan fingerprint density at radius 3 is 2.39 bits per heavy atom. The van der Waals surface area contributed by atoms with Crippen LogP contribution in [0.1, 0.15) is 26.7 Å². The summed E-state index contributed by atoms with van der Waals surface area (Å²) >= 11 is 0. The molecule has 7 heteroatoms. The van der Waals surface area contributed by atoms with Crippen molar-refractivity contribution in [2.75, 3.05) is 20.2 Å². The number of urea groups is 1. The fraction of sp³-hybridized carbons (Fsp3) is 0.727. The highest BCUT2D eigenvalue weighted by atomic mass is 16.5. The molecule has 0 aliphatic rings. The Kier molecular flexibility index (Phi) is 7.50. The van der Waals surface area contributed by atoms with Crippen LogP contribution in [0.4, 0.5) is 4.79 Å². The van der Waals surface area contributed by atoms with E-state index in [0.29, 0.717) is 13.0 Å². The van der Waals surface area contributed by atoms with Gasteiger partial charge in [-0.1, -0.05) is 6.92 Å². The van der Waals surface area contributed by atoms with Crippen molar-refractivity contribution in [3.8, 4) is 0 Å². The molecule has 0 aromatic carbocycles. The van der Waals surface area contributed by atoms with Crippen LogP contribution < -0.4 is 5.32 Å². The van der Waals surface area contributed by atoms with Gasteiger partial charge < -0.3 is 20.1 Å². The number of carboxylic acids is 1. The molecule has 0 radical (unpaired) electrons. The number of carbonyl (C=O) groups excluding carboxylic acids is 2.